The number of rotatable bonds is 2. The van der Waals surface area contributed by atoms with Crippen molar-refractivity contribution in [3.8, 4) is 0 Å². The number of nitrogens with two attached hydrogens (primary N) is 1. The standard InChI is InChI=1S/C12H12Br2N2S/c1-6(11-7(2)16-12(15)17-11)9-4-3-8(13)5-10(9)14/h3-6H,1-2H3,(H2,15,16). The van der Waals surface area contributed by atoms with Crippen LogP contribution in [0.15, 0.2) is 27.1 Å². The van der Waals surface area contributed by atoms with E-state index in [-0.39, 0.29) is 0 Å². The highest BCUT2D eigenvalue weighted by molar-refractivity contribution is 9.11. The first-order chi connectivity index (χ1) is 7.99. The monoisotopic (exact) mass is 374 g/mol. The summed E-state index contributed by atoms with van der Waals surface area (Å²) in [5, 5.41) is 0.637. The number of aryl methyl sites for hydroxylation is 1. The van der Waals surface area contributed by atoms with Crippen LogP contribution in [0.3, 0.4) is 0 Å². The molecule has 1 aromatic heterocycles. The highest BCUT2D eigenvalue weighted by atomic mass is 79.9. The fourth-order valence-corrected chi connectivity index (χ4v) is 4.12. The van der Waals surface area contributed by atoms with E-state index in [9.17, 15) is 0 Å². The Bertz CT molecular complexity index is 551. The van der Waals surface area contributed by atoms with Crippen LogP contribution in [0.4, 0.5) is 5.13 Å². The third-order valence-electron chi connectivity index (χ3n) is 2.67. The normalized spacial score (nSPS) is 12.7. The second kappa shape index (κ2) is 5.08. The first-order valence-corrected chi connectivity index (χ1v) is 7.57. The highest BCUT2D eigenvalue weighted by Gasteiger charge is 2.17. The van der Waals surface area contributed by atoms with Gasteiger partial charge in [-0.3, -0.25) is 0 Å². The number of nitrogen functional groups attached to an aromatic ring is 1. The summed E-state index contributed by atoms with van der Waals surface area (Å²) in [6, 6.07) is 6.23. The van der Waals surface area contributed by atoms with Gasteiger partial charge in [0, 0.05) is 19.7 Å². The molecule has 2 rings (SSSR count). The van der Waals surface area contributed by atoms with Gasteiger partial charge in [-0.15, -0.1) is 11.3 Å². The molecule has 0 fully saturated rings. The summed E-state index contributed by atoms with van der Waals surface area (Å²) in [6.07, 6.45) is 0. The van der Waals surface area contributed by atoms with Crippen LogP contribution in [0.2, 0.25) is 0 Å². The average molecular weight is 376 g/mol. The van der Waals surface area contributed by atoms with Gasteiger partial charge in [-0.25, -0.2) is 4.98 Å². The van der Waals surface area contributed by atoms with E-state index in [1.54, 1.807) is 11.3 Å². The Morgan fingerprint density at radius 2 is 2.06 bits per heavy atom. The van der Waals surface area contributed by atoms with E-state index in [2.05, 4.69) is 62.0 Å². The summed E-state index contributed by atoms with van der Waals surface area (Å²) < 4.78 is 2.17. The van der Waals surface area contributed by atoms with Gasteiger partial charge in [-0.05, 0) is 24.6 Å². The van der Waals surface area contributed by atoms with E-state index in [0.717, 1.165) is 14.6 Å². The molecule has 1 heterocycles. The lowest BCUT2D eigenvalue weighted by Gasteiger charge is -2.13. The molecule has 0 saturated carbocycles. The molecule has 0 aliphatic heterocycles. The third-order valence-corrected chi connectivity index (χ3v) is 5.02. The van der Waals surface area contributed by atoms with Gasteiger partial charge < -0.3 is 5.73 Å². The van der Waals surface area contributed by atoms with Crippen LogP contribution in [-0.2, 0) is 0 Å². The molecule has 0 bridgehead atoms. The van der Waals surface area contributed by atoms with Gasteiger partial charge in [0.05, 0.1) is 5.69 Å². The molecule has 5 heteroatoms. The fraction of sp³-hybridized carbons (Fsp3) is 0.250. The lowest BCUT2D eigenvalue weighted by molar-refractivity contribution is 0.920. The summed E-state index contributed by atoms with van der Waals surface area (Å²) >= 11 is 8.62. The number of thiazole rings is 1. The Labute approximate surface area is 122 Å². The zero-order valence-electron chi connectivity index (χ0n) is 9.50. The number of benzene rings is 1. The van der Waals surface area contributed by atoms with E-state index in [0.29, 0.717) is 11.0 Å². The van der Waals surface area contributed by atoms with Gasteiger partial charge in [0.2, 0.25) is 0 Å². The molecule has 17 heavy (non-hydrogen) atoms. The summed E-state index contributed by atoms with van der Waals surface area (Å²) in [5.74, 6) is 0.298. The first-order valence-electron chi connectivity index (χ1n) is 5.16. The van der Waals surface area contributed by atoms with E-state index < -0.39 is 0 Å². The number of hydrogen-bond donors (Lipinski definition) is 1. The maximum Gasteiger partial charge on any atom is 0.180 e. The lowest BCUT2D eigenvalue weighted by atomic mass is 9.99. The molecule has 1 unspecified atom stereocenters. The molecule has 90 valence electrons. The number of aromatic nitrogens is 1. The number of halogens is 2. The predicted octanol–water partition coefficient (Wildman–Crippen LogP) is 4.71. The van der Waals surface area contributed by atoms with Crippen molar-refractivity contribution in [2.75, 3.05) is 5.73 Å². The molecule has 1 atom stereocenters. The minimum atomic E-state index is 0.298. The molecule has 2 nitrogen and oxygen atoms in total. The Hall–Kier alpha value is -0.390. The zero-order chi connectivity index (χ0) is 12.6. The molecule has 0 spiro atoms. The molecule has 2 aromatic rings. The van der Waals surface area contributed by atoms with Crippen molar-refractivity contribution in [3.05, 3.63) is 43.3 Å². The second-order valence-corrected chi connectivity index (χ2v) is 6.72. The van der Waals surface area contributed by atoms with Gasteiger partial charge in [0.25, 0.3) is 0 Å². The van der Waals surface area contributed by atoms with Crippen LogP contribution >= 0.6 is 43.2 Å². The molecular weight excluding hydrogens is 364 g/mol. The summed E-state index contributed by atoms with van der Waals surface area (Å²) in [4.78, 5) is 5.50. The Balaban J connectivity index is 2.43. The quantitative estimate of drug-likeness (QED) is 0.825. The van der Waals surface area contributed by atoms with Crippen LogP contribution < -0.4 is 5.73 Å². The van der Waals surface area contributed by atoms with E-state index >= 15 is 0 Å². The maximum atomic E-state index is 5.75. The lowest BCUT2D eigenvalue weighted by Crippen LogP contribution is -1.96. The van der Waals surface area contributed by atoms with E-state index in [4.69, 9.17) is 5.73 Å². The predicted molar refractivity (Wildman–Crippen MR) is 80.6 cm³/mol. The van der Waals surface area contributed by atoms with Crippen LogP contribution in [0.1, 0.15) is 29.0 Å². The molecule has 0 saturated heterocycles. The van der Waals surface area contributed by atoms with Crippen molar-refractivity contribution in [1.29, 1.82) is 0 Å². The van der Waals surface area contributed by atoms with Crippen molar-refractivity contribution in [2.24, 2.45) is 0 Å². The van der Waals surface area contributed by atoms with Crippen molar-refractivity contribution >= 4 is 48.3 Å². The number of anilines is 1. The van der Waals surface area contributed by atoms with Crippen LogP contribution in [0, 0.1) is 6.92 Å². The van der Waals surface area contributed by atoms with Gasteiger partial charge >= 0.3 is 0 Å². The third kappa shape index (κ3) is 2.72. The molecule has 0 radical (unpaired) electrons. The van der Waals surface area contributed by atoms with Crippen molar-refractivity contribution in [3.63, 3.8) is 0 Å². The molecule has 1 aromatic carbocycles. The molecule has 2 N–H and O–H groups in total. The zero-order valence-corrected chi connectivity index (χ0v) is 13.5. The van der Waals surface area contributed by atoms with Gasteiger partial charge in [-0.2, -0.15) is 0 Å². The summed E-state index contributed by atoms with van der Waals surface area (Å²) in [5.41, 5.74) is 8.02. The van der Waals surface area contributed by atoms with Gasteiger partial charge in [0.1, 0.15) is 0 Å². The molecule has 0 aliphatic rings. The van der Waals surface area contributed by atoms with Crippen molar-refractivity contribution in [1.82, 2.24) is 4.98 Å². The van der Waals surface area contributed by atoms with E-state index in [1.165, 1.54) is 10.4 Å². The molecule has 0 amide bonds. The SMILES string of the molecule is Cc1nc(N)sc1C(C)c1ccc(Br)cc1Br. The summed E-state index contributed by atoms with van der Waals surface area (Å²) in [6.45, 7) is 4.18. The van der Waals surface area contributed by atoms with Crippen LogP contribution in [0.25, 0.3) is 0 Å². The minimum Gasteiger partial charge on any atom is -0.375 e. The smallest absolute Gasteiger partial charge is 0.180 e. The first kappa shape index (κ1) is 13.1. The van der Waals surface area contributed by atoms with Crippen molar-refractivity contribution < 1.29 is 0 Å². The summed E-state index contributed by atoms with van der Waals surface area (Å²) in [7, 11) is 0. The van der Waals surface area contributed by atoms with Crippen molar-refractivity contribution in [2.45, 2.75) is 19.8 Å². The van der Waals surface area contributed by atoms with Gasteiger partial charge in [-0.1, -0.05) is 44.8 Å². The Morgan fingerprint density at radius 3 is 2.59 bits per heavy atom. The fourth-order valence-electron chi connectivity index (χ4n) is 1.83. The minimum absolute atomic E-state index is 0.298. The molecule has 0 aliphatic carbocycles. The number of nitrogens with zero attached hydrogens (tertiary/aromatic N) is 1. The molecular formula is C12H12Br2N2S. The van der Waals surface area contributed by atoms with Gasteiger partial charge in [0.15, 0.2) is 5.13 Å². The Morgan fingerprint density at radius 1 is 1.35 bits per heavy atom. The topological polar surface area (TPSA) is 38.9 Å². The van der Waals surface area contributed by atoms with Crippen LogP contribution in [0.5, 0.6) is 0 Å². The van der Waals surface area contributed by atoms with Crippen LogP contribution in [-0.4, -0.2) is 4.98 Å². The maximum absolute atomic E-state index is 5.75. The highest BCUT2D eigenvalue weighted by Crippen LogP contribution is 2.36. The van der Waals surface area contributed by atoms with E-state index in [1.807, 2.05) is 6.92 Å². The average Bonchev–Trinajstić information content (AvgIpc) is 2.57. The number of hydrogen-bond acceptors (Lipinski definition) is 3. The second-order valence-electron chi connectivity index (χ2n) is 3.89. The largest absolute Gasteiger partial charge is 0.375 e. The Kier molecular flexibility index (Phi) is 3.90.